The zero-order valence-corrected chi connectivity index (χ0v) is 9.42. The van der Waals surface area contributed by atoms with Crippen LogP contribution in [0.3, 0.4) is 0 Å². The van der Waals surface area contributed by atoms with Gasteiger partial charge in [-0.05, 0) is 18.9 Å². The third-order valence-corrected chi connectivity index (χ3v) is 2.82. The molecule has 2 rings (SSSR count). The van der Waals surface area contributed by atoms with Crippen molar-refractivity contribution in [2.24, 2.45) is 0 Å². The summed E-state index contributed by atoms with van der Waals surface area (Å²) in [4.78, 5) is 4.24. The monoisotopic (exact) mass is 219 g/mol. The maximum Gasteiger partial charge on any atom is 0.202 e. The molecule has 15 heavy (non-hydrogen) atoms. The molecule has 1 aromatic carbocycles. The summed E-state index contributed by atoms with van der Waals surface area (Å²) in [5.41, 5.74) is 1.34. The molecule has 0 aliphatic heterocycles. The van der Waals surface area contributed by atoms with Crippen LogP contribution in [0.5, 0.6) is 0 Å². The fourth-order valence-corrected chi connectivity index (χ4v) is 1.93. The van der Waals surface area contributed by atoms with Crippen LogP contribution in [0.4, 0.5) is 5.13 Å². The van der Waals surface area contributed by atoms with Crippen LogP contribution in [-0.4, -0.2) is 15.9 Å². The van der Waals surface area contributed by atoms with Crippen molar-refractivity contribution in [3.05, 3.63) is 41.7 Å². The highest BCUT2D eigenvalue weighted by atomic mass is 32.1. The summed E-state index contributed by atoms with van der Waals surface area (Å²) in [7, 11) is 0. The normalized spacial score (nSPS) is 10.2. The molecule has 0 aliphatic rings. The van der Waals surface area contributed by atoms with Gasteiger partial charge in [0.2, 0.25) is 5.13 Å². The lowest BCUT2D eigenvalue weighted by Crippen LogP contribution is -2.04. The van der Waals surface area contributed by atoms with E-state index >= 15 is 0 Å². The molecule has 1 heterocycles. The van der Waals surface area contributed by atoms with E-state index in [0.717, 1.165) is 23.9 Å². The van der Waals surface area contributed by atoms with Crippen LogP contribution in [0.25, 0.3) is 0 Å². The molecule has 0 fully saturated rings. The fourth-order valence-electron chi connectivity index (χ4n) is 1.33. The third kappa shape index (κ3) is 3.02. The van der Waals surface area contributed by atoms with Crippen LogP contribution in [0.15, 0.2) is 30.3 Å². The number of hydrogen-bond donors (Lipinski definition) is 1. The van der Waals surface area contributed by atoms with Crippen LogP contribution in [0, 0.1) is 6.92 Å². The molecule has 1 N–H and O–H groups in total. The Morgan fingerprint density at radius 1 is 1.27 bits per heavy atom. The van der Waals surface area contributed by atoms with Crippen molar-refractivity contribution in [1.82, 2.24) is 9.36 Å². The standard InChI is InChI=1S/C11H13N3S/c1-9-13-11(15-14-9)12-8-7-10-5-3-2-4-6-10/h2-6H,7-8H2,1H3,(H,12,13,14). The topological polar surface area (TPSA) is 37.8 Å². The molecule has 0 amide bonds. The van der Waals surface area contributed by atoms with Crippen molar-refractivity contribution >= 4 is 16.7 Å². The molecular weight excluding hydrogens is 206 g/mol. The minimum absolute atomic E-state index is 0.835. The summed E-state index contributed by atoms with van der Waals surface area (Å²) in [6, 6.07) is 10.4. The molecule has 0 unspecified atom stereocenters. The zero-order valence-electron chi connectivity index (χ0n) is 8.60. The average molecular weight is 219 g/mol. The van der Waals surface area contributed by atoms with Gasteiger partial charge in [0.25, 0.3) is 0 Å². The average Bonchev–Trinajstić information content (AvgIpc) is 2.66. The van der Waals surface area contributed by atoms with E-state index in [-0.39, 0.29) is 0 Å². The lowest BCUT2D eigenvalue weighted by atomic mass is 10.2. The Morgan fingerprint density at radius 2 is 2.07 bits per heavy atom. The van der Waals surface area contributed by atoms with Crippen LogP contribution >= 0.6 is 11.5 Å². The molecule has 0 saturated heterocycles. The lowest BCUT2D eigenvalue weighted by Gasteiger charge is -2.01. The molecule has 78 valence electrons. The van der Waals surface area contributed by atoms with Gasteiger partial charge in [-0.15, -0.1) is 0 Å². The zero-order chi connectivity index (χ0) is 10.5. The first-order chi connectivity index (χ1) is 7.34. The van der Waals surface area contributed by atoms with Crippen molar-refractivity contribution in [3.8, 4) is 0 Å². The molecule has 0 spiro atoms. The summed E-state index contributed by atoms with van der Waals surface area (Å²) in [6.45, 7) is 2.80. The van der Waals surface area contributed by atoms with Crippen LogP contribution < -0.4 is 5.32 Å². The van der Waals surface area contributed by atoms with Crippen LogP contribution in [0.2, 0.25) is 0 Å². The van der Waals surface area contributed by atoms with Gasteiger partial charge in [0.05, 0.1) is 0 Å². The maximum absolute atomic E-state index is 4.24. The van der Waals surface area contributed by atoms with Gasteiger partial charge in [-0.25, -0.2) is 4.98 Å². The first-order valence-corrected chi connectivity index (χ1v) is 5.70. The summed E-state index contributed by atoms with van der Waals surface area (Å²) in [5.74, 6) is 0.835. The number of benzene rings is 1. The third-order valence-electron chi connectivity index (χ3n) is 2.06. The van der Waals surface area contributed by atoms with Crippen molar-refractivity contribution in [2.75, 3.05) is 11.9 Å². The Labute approximate surface area is 93.4 Å². The van der Waals surface area contributed by atoms with E-state index < -0.39 is 0 Å². The van der Waals surface area contributed by atoms with Gasteiger partial charge in [-0.1, -0.05) is 30.3 Å². The molecule has 0 radical (unpaired) electrons. The van der Waals surface area contributed by atoms with Gasteiger partial charge in [-0.3, -0.25) is 0 Å². The molecule has 2 aromatic rings. The number of nitrogens with one attached hydrogen (secondary N) is 1. The van der Waals surface area contributed by atoms with Gasteiger partial charge in [0.15, 0.2) is 0 Å². The predicted octanol–water partition coefficient (Wildman–Crippen LogP) is 2.50. The number of aryl methyl sites for hydroxylation is 1. The fraction of sp³-hybridized carbons (Fsp3) is 0.273. The Balaban J connectivity index is 1.80. The van der Waals surface area contributed by atoms with Crippen LogP contribution in [0.1, 0.15) is 11.4 Å². The van der Waals surface area contributed by atoms with Crippen molar-refractivity contribution in [2.45, 2.75) is 13.3 Å². The number of nitrogens with zero attached hydrogens (tertiary/aromatic N) is 2. The summed E-state index contributed by atoms with van der Waals surface area (Å²) in [6.07, 6.45) is 1.01. The minimum Gasteiger partial charge on any atom is -0.360 e. The van der Waals surface area contributed by atoms with E-state index in [2.05, 4.69) is 38.9 Å². The first-order valence-electron chi connectivity index (χ1n) is 4.93. The number of anilines is 1. The van der Waals surface area contributed by atoms with Crippen molar-refractivity contribution in [1.29, 1.82) is 0 Å². The highest BCUT2D eigenvalue weighted by molar-refractivity contribution is 7.09. The smallest absolute Gasteiger partial charge is 0.202 e. The predicted molar refractivity (Wildman–Crippen MR) is 63.3 cm³/mol. The Hall–Kier alpha value is -1.42. The quantitative estimate of drug-likeness (QED) is 0.858. The van der Waals surface area contributed by atoms with Crippen LogP contribution in [-0.2, 0) is 6.42 Å². The van der Waals surface area contributed by atoms with Crippen molar-refractivity contribution < 1.29 is 0 Å². The van der Waals surface area contributed by atoms with E-state index in [1.54, 1.807) is 0 Å². The second kappa shape index (κ2) is 4.89. The van der Waals surface area contributed by atoms with E-state index in [0.29, 0.717) is 0 Å². The van der Waals surface area contributed by atoms with Gasteiger partial charge >= 0.3 is 0 Å². The number of rotatable bonds is 4. The highest BCUT2D eigenvalue weighted by Gasteiger charge is 1.98. The minimum atomic E-state index is 0.835. The van der Waals surface area contributed by atoms with Gasteiger partial charge in [0.1, 0.15) is 5.82 Å². The van der Waals surface area contributed by atoms with Gasteiger partial charge in [0, 0.05) is 18.1 Å². The molecule has 1 aromatic heterocycles. The van der Waals surface area contributed by atoms with Crippen molar-refractivity contribution in [3.63, 3.8) is 0 Å². The molecule has 0 atom stereocenters. The van der Waals surface area contributed by atoms with E-state index in [1.807, 2.05) is 13.0 Å². The summed E-state index contributed by atoms with van der Waals surface area (Å²) < 4.78 is 4.11. The van der Waals surface area contributed by atoms with E-state index in [4.69, 9.17) is 0 Å². The number of aromatic nitrogens is 2. The molecule has 4 heteroatoms. The van der Waals surface area contributed by atoms with Gasteiger partial charge < -0.3 is 5.32 Å². The second-order valence-corrected chi connectivity index (χ2v) is 4.06. The second-order valence-electron chi connectivity index (χ2n) is 3.31. The van der Waals surface area contributed by atoms with Gasteiger partial charge in [-0.2, -0.15) is 4.37 Å². The largest absolute Gasteiger partial charge is 0.360 e. The Morgan fingerprint density at radius 3 is 2.73 bits per heavy atom. The molecule has 0 bridgehead atoms. The summed E-state index contributed by atoms with van der Waals surface area (Å²) in [5, 5.41) is 4.16. The lowest BCUT2D eigenvalue weighted by molar-refractivity contribution is 1.01. The molecule has 0 saturated carbocycles. The molecular formula is C11H13N3S. The number of hydrogen-bond acceptors (Lipinski definition) is 4. The van der Waals surface area contributed by atoms with E-state index in [1.165, 1.54) is 17.1 Å². The molecule has 0 aliphatic carbocycles. The molecule has 3 nitrogen and oxygen atoms in total. The Kier molecular flexibility index (Phi) is 3.29. The highest BCUT2D eigenvalue weighted by Crippen LogP contribution is 2.10. The Bertz CT molecular complexity index is 411. The maximum atomic E-state index is 4.24. The van der Waals surface area contributed by atoms with E-state index in [9.17, 15) is 0 Å². The SMILES string of the molecule is Cc1nsc(NCCc2ccccc2)n1. The summed E-state index contributed by atoms with van der Waals surface area (Å²) >= 11 is 1.41. The first kappa shape index (κ1) is 10.1.